The molecule has 104 valence electrons. The lowest BCUT2D eigenvalue weighted by Crippen LogP contribution is -2.47. The Balaban J connectivity index is 1.79. The minimum absolute atomic E-state index is 0.0653. The van der Waals surface area contributed by atoms with Crippen molar-refractivity contribution in [1.29, 1.82) is 0 Å². The topological polar surface area (TPSA) is 61.0 Å². The Bertz CT molecular complexity index is 470. The predicted molar refractivity (Wildman–Crippen MR) is 73.7 cm³/mol. The summed E-state index contributed by atoms with van der Waals surface area (Å²) in [5.41, 5.74) is 9.74. The SMILES string of the molecule is Cc1cc(C(N)C2CCOC3(CCC3)C2)c(C)nn1. The second kappa shape index (κ2) is 4.84. The van der Waals surface area contributed by atoms with E-state index < -0.39 is 0 Å². The molecule has 1 aliphatic carbocycles. The fraction of sp³-hybridized carbons (Fsp3) is 0.733. The van der Waals surface area contributed by atoms with Gasteiger partial charge in [0, 0.05) is 12.6 Å². The van der Waals surface area contributed by atoms with Crippen LogP contribution >= 0.6 is 0 Å². The molecule has 2 N–H and O–H groups in total. The minimum atomic E-state index is 0.0653. The van der Waals surface area contributed by atoms with Gasteiger partial charge in [-0.05, 0) is 63.5 Å². The van der Waals surface area contributed by atoms with E-state index in [0.29, 0.717) is 5.92 Å². The zero-order valence-corrected chi connectivity index (χ0v) is 11.9. The molecule has 0 bridgehead atoms. The van der Waals surface area contributed by atoms with Crippen molar-refractivity contribution >= 4 is 0 Å². The summed E-state index contributed by atoms with van der Waals surface area (Å²) in [7, 11) is 0. The Morgan fingerprint density at radius 3 is 2.84 bits per heavy atom. The van der Waals surface area contributed by atoms with Crippen LogP contribution in [-0.2, 0) is 4.74 Å². The Morgan fingerprint density at radius 2 is 2.16 bits per heavy atom. The monoisotopic (exact) mass is 261 g/mol. The maximum Gasteiger partial charge on any atom is 0.0686 e. The molecule has 0 amide bonds. The third kappa shape index (κ3) is 2.39. The van der Waals surface area contributed by atoms with Crippen LogP contribution in [0.2, 0.25) is 0 Å². The van der Waals surface area contributed by atoms with Crippen LogP contribution in [0.5, 0.6) is 0 Å². The molecule has 2 aliphatic rings. The predicted octanol–water partition coefficient (Wildman–Crippen LogP) is 2.44. The smallest absolute Gasteiger partial charge is 0.0686 e. The van der Waals surface area contributed by atoms with Crippen molar-refractivity contribution in [3.05, 3.63) is 23.0 Å². The van der Waals surface area contributed by atoms with E-state index in [2.05, 4.69) is 16.3 Å². The fourth-order valence-electron chi connectivity index (χ4n) is 3.45. The molecule has 2 heterocycles. The Labute approximate surface area is 114 Å². The minimum Gasteiger partial charge on any atom is -0.375 e. The van der Waals surface area contributed by atoms with E-state index in [1.165, 1.54) is 19.3 Å². The highest BCUT2D eigenvalue weighted by Crippen LogP contribution is 2.46. The first kappa shape index (κ1) is 13.0. The highest BCUT2D eigenvalue weighted by atomic mass is 16.5. The van der Waals surface area contributed by atoms with Gasteiger partial charge in [0.25, 0.3) is 0 Å². The van der Waals surface area contributed by atoms with Crippen molar-refractivity contribution in [3.63, 3.8) is 0 Å². The van der Waals surface area contributed by atoms with Gasteiger partial charge in [0.1, 0.15) is 0 Å². The number of hydrogen-bond acceptors (Lipinski definition) is 4. The van der Waals surface area contributed by atoms with Crippen molar-refractivity contribution in [1.82, 2.24) is 10.2 Å². The van der Waals surface area contributed by atoms with E-state index in [4.69, 9.17) is 10.5 Å². The van der Waals surface area contributed by atoms with Crippen LogP contribution in [0, 0.1) is 19.8 Å². The molecular weight excluding hydrogens is 238 g/mol. The summed E-state index contributed by atoms with van der Waals surface area (Å²) < 4.78 is 5.99. The lowest BCUT2D eigenvalue weighted by Gasteiger charge is -2.48. The highest BCUT2D eigenvalue weighted by Gasteiger charge is 2.44. The van der Waals surface area contributed by atoms with Crippen LogP contribution < -0.4 is 5.73 Å². The average molecular weight is 261 g/mol. The zero-order chi connectivity index (χ0) is 13.5. The molecule has 2 atom stereocenters. The highest BCUT2D eigenvalue weighted by molar-refractivity contribution is 5.24. The molecule has 19 heavy (non-hydrogen) atoms. The maximum absolute atomic E-state index is 6.52. The summed E-state index contributed by atoms with van der Waals surface area (Å²) in [6.07, 6.45) is 5.89. The molecule has 4 heteroatoms. The molecule has 4 nitrogen and oxygen atoms in total. The molecule has 0 radical (unpaired) electrons. The number of aromatic nitrogens is 2. The third-order valence-corrected chi connectivity index (χ3v) is 4.80. The van der Waals surface area contributed by atoms with E-state index in [0.717, 1.165) is 36.4 Å². The third-order valence-electron chi connectivity index (χ3n) is 4.80. The molecule has 3 rings (SSSR count). The molecular formula is C15H23N3O. The average Bonchev–Trinajstić information content (AvgIpc) is 2.39. The van der Waals surface area contributed by atoms with E-state index in [9.17, 15) is 0 Å². The van der Waals surface area contributed by atoms with Crippen molar-refractivity contribution in [2.24, 2.45) is 11.7 Å². The molecule has 1 aromatic rings. The normalized spacial score (nSPS) is 27.0. The second-order valence-electron chi connectivity index (χ2n) is 6.19. The van der Waals surface area contributed by atoms with Crippen molar-refractivity contribution < 1.29 is 4.74 Å². The van der Waals surface area contributed by atoms with Gasteiger partial charge in [-0.15, -0.1) is 0 Å². The number of aryl methyl sites for hydroxylation is 2. The number of hydrogen-bond donors (Lipinski definition) is 1. The lowest BCUT2D eigenvalue weighted by atomic mass is 9.70. The molecule has 1 aromatic heterocycles. The van der Waals surface area contributed by atoms with Crippen LogP contribution in [0.1, 0.15) is 55.1 Å². The van der Waals surface area contributed by atoms with Crippen molar-refractivity contribution in [2.75, 3.05) is 6.61 Å². The van der Waals surface area contributed by atoms with Gasteiger partial charge in [-0.1, -0.05) is 0 Å². The van der Waals surface area contributed by atoms with E-state index in [1.807, 2.05) is 13.8 Å². The fourth-order valence-corrected chi connectivity index (χ4v) is 3.45. The van der Waals surface area contributed by atoms with Crippen molar-refractivity contribution in [3.8, 4) is 0 Å². The first-order valence-electron chi connectivity index (χ1n) is 7.30. The first-order chi connectivity index (χ1) is 9.10. The van der Waals surface area contributed by atoms with Gasteiger partial charge in [-0.3, -0.25) is 0 Å². The van der Waals surface area contributed by atoms with Crippen LogP contribution in [0.25, 0.3) is 0 Å². The molecule has 2 fully saturated rings. The molecule has 2 unspecified atom stereocenters. The largest absolute Gasteiger partial charge is 0.375 e. The summed E-state index contributed by atoms with van der Waals surface area (Å²) in [5, 5.41) is 8.30. The summed E-state index contributed by atoms with van der Waals surface area (Å²) in [6.45, 7) is 4.83. The zero-order valence-electron chi connectivity index (χ0n) is 11.9. The van der Waals surface area contributed by atoms with Crippen LogP contribution in [0.15, 0.2) is 6.07 Å². The van der Waals surface area contributed by atoms with Crippen LogP contribution in [0.4, 0.5) is 0 Å². The molecule has 1 spiro atoms. The summed E-state index contributed by atoms with van der Waals surface area (Å²) in [5.74, 6) is 0.511. The van der Waals surface area contributed by atoms with Gasteiger partial charge in [0.15, 0.2) is 0 Å². The van der Waals surface area contributed by atoms with Crippen LogP contribution in [0.3, 0.4) is 0 Å². The summed E-state index contributed by atoms with van der Waals surface area (Å²) >= 11 is 0. The van der Waals surface area contributed by atoms with Gasteiger partial charge >= 0.3 is 0 Å². The lowest BCUT2D eigenvalue weighted by molar-refractivity contribution is -0.146. The van der Waals surface area contributed by atoms with E-state index in [-0.39, 0.29) is 11.6 Å². The Morgan fingerprint density at radius 1 is 1.37 bits per heavy atom. The number of rotatable bonds is 2. The van der Waals surface area contributed by atoms with Gasteiger partial charge in [-0.25, -0.2) is 0 Å². The Hall–Kier alpha value is -1.00. The molecule has 1 aliphatic heterocycles. The molecule has 1 saturated carbocycles. The number of nitrogens with zero attached hydrogens (tertiary/aromatic N) is 2. The quantitative estimate of drug-likeness (QED) is 0.888. The van der Waals surface area contributed by atoms with Gasteiger partial charge in [0.05, 0.1) is 17.0 Å². The van der Waals surface area contributed by atoms with E-state index in [1.54, 1.807) is 0 Å². The maximum atomic E-state index is 6.52. The molecule has 0 aromatic carbocycles. The van der Waals surface area contributed by atoms with Crippen LogP contribution in [-0.4, -0.2) is 22.4 Å². The number of ether oxygens (including phenoxy) is 1. The van der Waals surface area contributed by atoms with Crippen molar-refractivity contribution in [2.45, 2.75) is 57.6 Å². The number of nitrogens with two attached hydrogens (primary N) is 1. The van der Waals surface area contributed by atoms with Gasteiger partial charge in [-0.2, -0.15) is 10.2 Å². The van der Waals surface area contributed by atoms with E-state index >= 15 is 0 Å². The Kier molecular flexibility index (Phi) is 3.31. The summed E-state index contributed by atoms with van der Waals surface area (Å²) in [4.78, 5) is 0. The van der Waals surface area contributed by atoms with Gasteiger partial charge < -0.3 is 10.5 Å². The second-order valence-corrected chi connectivity index (χ2v) is 6.19. The first-order valence-corrected chi connectivity index (χ1v) is 7.30. The molecule has 1 saturated heterocycles. The summed E-state index contributed by atoms with van der Waals surface area (Å²) in [6, 6.07) is 2.16. The van der Waals surface area contributed by atoms with Gasteiger partial charge in [0.2, 0.25) is 0 Å². The standard InChI is InChI=1S/C15H23N3O/c1-10-8-13(11(2)18-17-10)14(16)12-4-7-19-15(9-12)5-3-6-15/h8,12,14H,3-7,9,16H2,1-2H3.